The molecule has 0 amide bonds. The van der Waals surface area contributed by atoms with E-state index in [1.54, 1.807) is 13.2 Å². The summed E-state index contributed by atoms with van der Waals surface area (Å²) in [5, 5.41) is 13.6. The number of methoxy groups -OCH3 is 1. The second-order valence-electron chi connectivity index (χ2n) is 3.44. The summed E-state index contributed by atoms with van der Waals surface area (Å²) < 4.78 is 10.0. The summed E-state index contributed by atoms with van der Waals surface area (Å²) in [7, 11) is 1.64. The van der Waals surface area contributed by atoms with E-state index in [0.717, 1.165) is 6.42 Å². The topological polar surface area (TPSA) is 77.5 Å². The van der Waals surface area contributed by atoms with E-state index in [1.165, 1.54) is 6.07 Å². The van der Waals surface area contributed by atoms with Crippen LogP contribution < -0.4 is 5.32 Å². The molecule has 6 nitrogen and oxygen atoms in total. The van der Waals surface area contributed by atoms with Crippen LogP contribution in [0.25, 0.3) is 0 Å². The van der Waals surface area contributed by atoms with E-state index in [-0.39, 0.29) is 11.9 Å². The molecule has 0 aliphatic carbocycles. The molecule has 0 aliphatic heterocycles. The van der Waals surface area contributed by atoms with E-state index < -0.39 is 4.92 Å². The standard InChI is InChI=1S/C10H16N2O4/c1-3-8(7-15-2)11-6-9-4-5-10(16-9)12(13)14/h4-5,8,11H,3,6-7H2,1-2H3. The molecule has 1 aromatic rings. The van der Waals surface area contributed by atoms with Crippen molar-refractivity contribution in [1.82, 2.24) is 5.32 Å². The second kappa shape index (κ2) is 6.24. The molecule has 0 bridgehead atoms. The number of furan rings is 1. The predicted molar refractivity (Wildman–Crippen MR) is 58.2 cm³/mol. The smallest absolute Gasteiger partial charge is 0.404 e. The van der Waals surface area contributed by atoms with E-state index in [2.05, 4.69) is 5.32 Å². The minimum atomic E-state index is -0.546. The molecule has 6 heteroatoms. The minimum absolute atomic E-state index is 0.225. The van der Waals surface area contributed by atoms with Gasteiger partial charge in [0.2, 0.25) is 0 Å². The molecule has 1 unspecified atom stereocenters. The van der Waals surface area contributed by atoms with Gasteiger partial charge >= 0.3 is 5.88 Å². The van der Waals surface area contributed by atoms with Crippen LogP contribution in [0.1, 0.15) is 19.1 Å². The van der Waals surface area contributed by atoms with Gasteiger partial charge in [0.1, 0.15) is 10.7 Å². The van der Waals surface area contributed by atoms with Gasteiger partial charge in [-0.05, 0) is 12.5 Å². The van der Waals surface area contributed by atoms with Gasteiger partial charge in [-0.15, -0.1) is 0 Å². The number of nitrogens with one attached hydrogen (secondary N) is 1. The quantitative estimate of drug-likeness (QED) is 0.567. The monoisotopic (exact) mass is 228 g/mol. The third-order valence-corrected chi connectivity index (χ3v) is 2.25. The van der Waals surface area contributed by atoms with E-state index >= 15 is 0 Å². The van der Waals surface area contributed by atoms with E-state index in [4.69, 9.17) is 9.15 Å². The molecule has 0 radical (unpaired) electrons. The fourth-order valence-electron chi connectivity index (χ4n) is 1.33. The van der Waals surface area contributed by atoms with Crippen LogP contribution in [0.15, 0.2) is 16.5 Å². The average Bonchev–Trinajstić information content (AvgIpc) is 2.73. The Morgan fingerprint density at radius 1 is 1.62 bits per heavy atom. The van der Waals surface area contributed by atoms with Crippen LogP contribution in [0.5, 0.6) is 0 Å². The molecule has 1 atom stereocenters. The van der Waals surface area contributed by atoms with Crippen molar-refractivity contribution in [3.05, 3.63) is 28.0 Å². The molecule has 0 spiro atoms. The van der Waals surface area contributed by atoms with Crippen LogP contribution in [0, 0.1) is 10.1 Å². The van der Waals surface area contributed by atoms with Crippen molar-refractivity contribution in [1.29, 1.82) is 0 Å². The molecule has 1 N–H and O–H groups in total. The molecule has 0 fully saturated rings. The summed E-state index contributed by atoms with van der Waals surface area (Å²) in [6.45, 7) is 3.12. The number of hydrogen-bond acceptors (Lipinski definition) is 5. The maximum absolute atomic E-state index is 10.4. The molecule has 0 aromatic carbocycles. The molecule has 0 aliphatic rings. The number of nitrogens with zero attached hydrogens (tertiary/aromatic N) is 1. The third-order valence-electron chi connectivity index (χ3n) is 2.25. The van der Waals surface area contributed by atoms with Crippen molar-refractivity contribution >= 4 is 5.88 Å². The lowest BCUT2D eigenvalue weighted by molar-refractivity contribution is -0.402. The van der Waals surface area contributed by atoms with Crippen molar-refractivity contribution in [2.45, 2.75) is 25.9 Å². The average molecular weight is 228 g/mol. The first kappa shape index (κ1) is 12.7. The zero-order valence-corrected chi connectivity index (χ0v) is 9.43. The highest BCUT2D eigenvalue weighted by Crippen LogP contribution is 2.15. The van der Waals surface area contributed by atoms with Crippen molar-refractivity contribution in [3.63, 3.8) is 0 Å². The maximum atomic E-state index is 10.4. The molecule has 0 saturated heterocycles. The lowest BCUT2D eigenvalue weighted by Gasteiger charge is -2.14. The van der Waals surface area contributed by atoms with Gasteiger partial charge in [-0.1, -0.05) is 6.92 Å². The van der Waals surface area contributed by atoms with Gasteiger partial charge < -0.3 is 14.5 Å². The normalized spacial score (nSPS) is 12.6. The van der Waals surface area contributed by atoms with Gasteiger partial charge in [0.25, 0.3) is 0 Å². The van der Waals surface area contributed by atoms with Crippen LogP contribution in [0.3, 0.4) is 0 Å². The SMILES string of the molecule is CCC(COC)NCc1ccc([N+](=O)[O-])o1. The van der Waals surface area contributed by atoms with Crippen LogP contribution in [0.2, 0.25) is 0 Å². The van der Waals surface area contributed by atoms with Gasteiger partial charge in [0, 0.05) is 13.2 Å². The Morgan fingerprint density at radius 2 is 2.38 bits per heavy atom. The first-order valence-corrected chi connectivity index (χ1v) is 5.12. The Morgan fingerprint density at radius 3 is 2.88 bits per heavy atom. The maximum Gasteiger partial charge on any atom is 0.433 e. The summed E-state index contributed by atoms with van der Waals surface area (Å²) in [4.78, 5) is 9.84. The Bertz CT molecular complexity index is 337. The first-order chi connectivity index (χ1) is 7.67. The zero-order valence-electron chi connectivity index (χ0n) is 9.43. The number of hydrogen-bond donors (Lipinski definition) is 1. The van der Waals surface area contributed by atoms with Crippen molar-refractivity contribution in [3.8, 4) is 0 Å². The molecule has 1 rings (SSSR count). The van der Waals surface area contributed by atoms with Gasteiger partial charge in [-0.25, -0.2) is 0 Å². The van der Waals surface area contributed by atoms with Crippen LogP contribution in [0.4, 0.5) is 5.88 Å². The summed E-state index contributed by atoms with van der Waals surface area (Å²) in [5.41, 5.74) is 0. The Hall–Kier alpha value is -1.40. The van der Waals surface area contributed by atoms with E-state index in [9.17, 15) is 10.1 Å². The number of ether oxygens (including phenoxy) is 1. The predicted octanol–water partition coefficient (Wildman–Crippen LogP) is 1.70. The Labute approximate surface area is 93.7 Å². The van der Waals surface area contributed by atoms with Gasteiger partial charge in [-0.2, -0.15) is 0 Å². The molecule has 1 heterocycles. The third kappa shape index (κ3) is 3.63. The van der Waals surface area contributed by atoms with Gasteiger partial charge in [0.05, 0.1) is 19.2 Å². The fraction of sp³-hybridized carbons (Fsp3) is 0.600. The van der Waals surface area contributed by atoms with Crippen LogP contribution in [-0.2, 0) is 11.3 Å². The number of nitro groups is 1. The largest absolute Gasteiger partial charge is 0.433 e. The molecule has 1 aromatic heterocycles. The summed E-state index contributed by atoms with van der Waals surface area (Å²) >= 11 is 0. The Kier molecular flexibility index (Phi) is 4.94. The summed E-state index contributed by atoms with van der Waals surface area (Å²) in [6, 6.07) is 3.19. The molecular formula is C10H16N2O4. The van der Waals surface area contributed by atoms with Crippen molar-refractivity contribution in [2.75, 3.05) is 13.7 Å². The fourth-order valence-corrected chi connectivity index (χ4v) is 1.33. The van der Waals surface area contributed by atoms with E-state index in [0.29, 0.717) is 18.9 Å². The first-order valence-electron chi connectivity index (χ1n) is 5.12. The van der Waals surface area contributed by atoms with Crippen LogP contribution >= 0.6 is 0 Å². The van der Waals surface area contributed by atoms with Crippen molar-refractivity contribution in [2.24, 2.45) is 0 Å². The Balaban J connectivity index is 2.44. The molecular weight excluding hydrogens is 212 g/mol. The highest BCUT2D eigenvalue weighted by molar-refractivity contribution is 5.17. The van der Waals surface area contributed by atoms with Gasteiger partial charge in [-0.3, -0.25) is 10.1 Å². The highest BCUT2D eigenvalue weighted by atomic mass is 16.6. The second-order valence-corrected chi connectivity index (χ2v) is 3.44. The molecule has 90 valence electrons. The van der Waals surface area contributed by atoms with Crippen LogP contribution in [-0.4, -0.2) is 24.7 Å². The molecule has 16 heavy (non-hydrogen) atoms. The lowest BCUT2D eigenvalue weighted by Crippen LogP contribution is -2.31. The molecule has 0 saturated carbocycles. The van der Waals surface area contributed by atoms with E-state index in [1.807, 2.05) is 6.92 Å². The summed E-state index contributed by atoms with van der Waals surface area (Å²) in [6.07, 6.45) is 0.927. The minimum Gasteiger partial charge on any atom is -0.404 e. The van der Waals surface area contributed by atoms with Crippen molar-refractivity contribution < 1.29 is 14.1 Å². The zero-order chi connectivity index (χ0) is 12.0. The van der Waals surface area contributed by atoms with Gasteiger partial charge in [0.15, 0.2) is 0 Å². The number of rotatable bonds is 7. The summed E-state index contributed by atoms with van der Waals surface area (Å²) in [5.74, 6) is 0.331. The lowest BCUT2D eigenvalue weighted by atomic mass is 10.2. The highest BCUT2D eigenvalue weighted by Gasteiger charge is 2.12.